The lowest BCUT2D eigenvalue weighted by atomic mass is 9.86. The Hall–Kier alpha value is -4.78. The summed E-state index contributed by atoms with van der Waals surface area (Å²) < 4.78 is 56.1. The predicted octanol–water partition coefficient (Wildman–Crippen LogP) is 7.75. The van der Waals surface area contributed by atoms with Gasteiger partial charge in [0.25, 0.3) is 0 Å². The zero-order valence-corrected chi connectivity index (χ0v) is 33.6. The molecule has 2 aliphatic rings. The maximum atomic E-state index is 13.8. The van der Waals surface area contributed by atoms with Crippen LogP contribution in [0.15, 0.2) is 36.5 Å². The second-order valence-corrected chi connectivity index (χ2v) is 16.2. The lowest BCUT2D eigenvalue weighted by Gasteiger charge is -2.23. The first kappa shape index (κ1) is 44.9. The van der Waals surface area contributed by atoms with Gasteiger partial charge >= 0.3 is 17.9 Å². The lowest BCUT2D eigenvalue weighted by Crippen LogP contribution is -2.27. The average Bonchev–Trinajstić information content (AvgIpc) is 3.31. The summed E-state index contributed by atoms with van der Waals surface area (Å²) in [6.45, 7) is 8.58. The van der Waals surface area contributed by atoms with Crippen LogP contribution >= 0.6 is 0 Å². The number of rotatable bonds is 18. The number of nitrogens with zero attached hydrogens (tertiary/aromatic N) is 1. The van der Waals surface area contributed by atoms with Gasteiger partial charge in [0.05, 0.1) is 35.3 Å². The van der Waals surface area contributed by atoms with Gasteiger partial charge in [0.2, 0.25) is 0 Å². The van der Waals surface area contributed by atoms with Gasteiger partial charge in [0.15, 0.2) is 17.3 Å². The van der Waals surface area contributed by atoms with Crippen molar-refractivity contribution < 1.29 is 52.0 Å². The summed E-state index contributed by atoms with van der Waals surface area (Å²) in [4.78, 5) is 43.5. The van der Waals surface area contributed by atoms with Crippen LogP contribution in [-0.4, -0.2) is 53.4 Å². The van der Waals surface area contributed by atoms with Crippen molar-refractivity contribution in [2.24, 2.45) is 28.6 Å². The van der Waals surface area contributed by atoms with Gasteiger partial charge in [-0.1, -0.05) is 12.2 Å². The van der Waals surface area contributed by atoms with Crippen molar-refractivity contribution in [2.75, 3.05) is 13.2 Å². The van der Waals surface area contributed by atoms with E-state index in [-0.39, 0.29) is 74.4 Å². The maximum absolute atomic E-state index is 13.8. The number of hydrogen-bond donors (Lipinski definition) is 1. The molecule has 1 aliphatic carbocycles. The summed E-state index contributed by atoms with van der Waals surface area (Å²) in [5, 5.41) is 10.8. The van der Waals surface area contributed by atoms with E-state index in [0.29, 0.717) is 42.7 Å². The van der Waals surface area contributed by atoms with Crippen LogP contribution in [0.25, 0.3) is 0 Å². The molecule has 2 heterocycles. The van der Waals surface area contributed by atoms with E-state index in [1.54, 1.807) is 34.6 Å². The first-order valence-electron chi connectivity index (χ1n) is 19.5. The maximum Gasteiger partial charge on any atom is 0.312 e. The van der Waals surface area contributed by atoms with Crippen LogP contribution in [0.3, 0.4) is 0 Å². The monoisotopic (exact) mass is 791 g/mol. The molecule has 5 atom stereocenters. The lowest BCUT2D eigenvalue weighted by molar-refractivity contribution is -0.156. The van der Waals surface area contributed by atoms with Gasteiger partial charge in [-0.25, -0.2) is 8.78 Å². The van der Waals surface area contributed by atoms with E-state index in [0.717, 1.165) is 37.5 Å². The van der Waals surface area contributed by atoms with E-state index in [9.17, 15) is 28.3 Å². The Kier molecular flexibility index (Phi) is 16.2. The quantitative estimate of drug-likeness (QED) is 0.0693. The molecule has 0 unspecified atom stereocenters. The fourth-order valence-electron chi connectivity index (χ4n) is 7.14. The minimum atomic E-state index is -0.956. The molecule has 1 N–H and O–H groups in total. The van der Waals surface area contributed by atoms with Crippen molar-refractivity contribution in [1.82, 2.24) is 4.98 Å². The Morgan fingerprint density at radius 3 is 2.40 bits per heavy atom. The van der Waals surface area contributed by atoms with Crippen LogP contribution in [-0.2, 0) is 41.8 Å². The van der Waals surface area contributed by atoms with E-state index >= 15 is 0 Å². The molecular weight excluding hydrogens is 736 g/mol. The summed E-state index contributed by atoms with van der Waals surface area (Å²) in [5.74, 6) is 2.45. The molecule has 57 heavy (non-hydrogen) atoms. The third kappa shape index (κ3) is 12.6. The van der Waals surface area contributed by atoms with Crippen LogP contribution in [0.5, 0.6) is 11.5 Å². The van der Waals surface area contributed by atoms with Crippen LogP contribution in [0.2, 0.25) is 0 Å². The van der Waals surface area contributed by atoms with Crippen LogP contribution < -0.4 is 9.47 Å². The molecule has 1 aromatic carbocycles. The third-order valence-corrected chi connectivity index (χ3v) is 10.7. The first-order chi connectivity index (χ1) is 27.1. The number of terminal acetylenes is 2. The molecular formula is C45H55F2NO9. The van der Waals surface area contributed by atoms with Gasteiger partial charge in [-0.2, -0.15) is 0 Å². The Bertz CT molecular complexity index is 1840. The van der Waals surface area contributed by atoms with E-state index < -0.39 is 46.5 Å². The molecule has 2 aromatic rings. The first-order valence-corrected chi connectivity index (χ1v) is 19.5. The molecule has 1 aromatic heterocycles. The number of aryl methyl sites for hydroxylation is 1. The molecule has 0 amide bonds. The van der Waals surface area contributed by atoms with Crippen molar-refractivity contribution in [3.63, 3.8) is 0 Å². The van der Waals surface area contributed by atoms with E-state index in [1.165, 1.54) is 6.20 Å². The summed E-state index contributed by atoms with van der Waals surface area (Å²) in [6, 6.07) is 3.07. The smallest absolute Gasteiger partial charge is 0.312 e. The fraction of sp³-hybridized carbons (Fsp3) is 0.556. The Labute approximate surface area is 335 Å². The Balaban J connectivity index is 1.33. The molecule has 10 nitrogen and oxygen atoms in total. The number of fused-ring (bicyclic) bond motifs is 1. The predicted molar refractivity (Wildman–Crippen MR) is 208 cm³/mol. The third-order valence-electron chi connectivity index (χ3n) is 10.7. The van der Waals surface area contributed by atoms with Gasteiger partial charge in [-0.05, 0) is 90.7 Å². The van der Waals surface area contributed by atoms with Gasteiger partial charge in [0, 0.05) is 61.6 Å². The van der Waals surface area contributed by atoms with Crippen LogP contribution in [0.4, 0.5) is 8.78 Å². The second-order valence-electron chi connectivity index (χ2n) is 16.2. The summed E-state index contributed by atoms with van der Waals surface area (Å²) in [7, 11) is 0. The summed E-state index contributed by atoms with van der Waals surface area (Å²) >= 11 is 0. The molecule has 2 fully saturated rings. The molecule has 1 saturated carbocycles. The van der Waals surface area contributed by atoms with Gasteiger partial charge < -0.3 is 28.8 Å². The van der Waals surface area contributed by atoms with Gasteiger partial charge in [-0.15, -0.1) is 24.7 Å². The highest BCUT2D eigenvalue weighted by Crippen LogP contribution is 2.42. The number of ether oxygens (including phenoxy) is 5. The standard InChI is InChI=1S/C45H55F2NO9/c1-8-20-44(4,5)42(51)55-27-31-25-48-29(3)41(35(31)28-56-43(52)45(6,7)21-9-2)57-40(50)15-12-13-30-16-18-34-33(37(49)24-38(34)54-26-30)14-10-11-22-53-39-23-32(46)17-19-36(39)47/h1-2,10,14,17,19,23,25,30,33-34,37-38,49H,11-13,15-16,18,20-22,24,26-28H2,3-7H3/b14-10+/t30-,33+,34+,37+,38-/m0/s1. The molecule has 0 radical (unpaired) electrons. The molecule has 12 heteroatoms. The minimum Gasteiger partial charge on any atom is -0.490 e. The number of aliphatic hydroxyl groups excluding tert-OH is 1. The highest BCUT2D eigenvalue weighted by atomic mass is 19.1. The molecule has 0 bridgehead atoms. The number of esters is 3. The van der Waals surface area contributed by atoms with E-state index in [2.05, 4.69) is 16.8 Å². The second kappa shape index (κ2) is 20.6. The minimum absolute atomic E-state index is 0.0858. The number of aliphatic hydroxyl groups is 1. The Morgan fingerprint density at radius 2 is 1.72 bits per heavy atom. The van der Waals surface area contributed by atoms with Gasteiger partial charge in [-0.3, -0.25) is 19.4 Å². The normalized spacial score (nSPS) is 20.8. The number of carbonyl (C=O) groups excluding carboxylic acids is 3. The molecule has 1 aliphatic heterocycles. The largest absolute Gasteiger partial charge is 0.490 e. The number of halogens is 2. The highest BCUT2D eigenvalue weighted by Gasteiger charge is 2.43. The molecule has 308 valence electrons. The summed E-state index contributed by atoms with van der Waals surface area (Å²) in [5.41, 5.74) is -0.736. The van der Waals surface area contributed by atoms with Crippen LogP contribution in [0.1, 0.15) is 102 Å². The van der Waals surface area contributed by atoms with E-state index in [4.69, 9.17) is 36.5 Å². The fourth-order valence-corrected chi connectivity index (χ4v) is 7.14. The zero-order valence-electron chi connectivity index (χ0n) is 33.6. The van der Waals surface area contributed by atoms with Crippen molar-refractivity contribution in [2.45, 2.75) is 118 Å². The highest BCUT2D eigenvalue weighted by molar-refractivity contribution is 5.77. The number of benzene rings is 1. The number of pyridine rings is 1. The van der Waals surface area contributed by atoms with Gasteiger partial charge in [0.1, 0.15) is 19.0 Å². The number of aromatic nitrogens is 1. The van der Waals surface area contributed by atoms with Crippen LogP contribution in [0, 0.1) is 71.8 Å². The number of hydrogen-bond acceptors (Lipinski definition) is 10. The average molecular weight is 792 g/mol. The summed E-state index contributed by atoms with van der Waals surface area (Å²) in [6.07, 6.45) is 20.0. The van der Waals surface area contributed by atoms with Crippen molar-refractivity contribution in [3.05, 3.63) is 65.0 Å². The molecule has 1 saturated heterocycles. The zero-order chi connectivity index (χ0) is 41.8. The molecule has 4 rings (SSSR count). The topological polar surface area (TPSA) is 130 Å². The van der Waals surface area contributed by atoms with Crippen molar-refractivity contribution in [1.29, 1.82) is 0 Å². The van der Waals surface area contributed by atoms with Crippen molar-refractivity contribution in [3.8, 4) is 36.2 Å². The molecule has 0 spiro atoms. The van der Waals surface area contributed by atoms with Crippen molar-refractivity contribution >= 4 is 17.9 Å². The SMILES string of the molecule is C#CCC(C)(C)C(=O)OCc1cnc(C)c(OC(=O)CCC[C@H]2CC[C@@H]3[C@@H](/C=C/CCOc4cc(F)ccc4F)[C@H](O)C[C@@H]3OC2)c1COC(=O)C(C)(C)CC#C. The Morgan fingerprint density at radius 1 is 1.04 bits per heavy atom. The number of carbonyl (C=O) groups is 3. The van der Waals surface area contributed by atoms with E-state index in [1.807, 2.05) is 12.2 Å².